The van der Waals surface area contributed by atoms with Gasteiger partial charge in [0.05, 0.1) is 0 Å². The highest BCUT2D eigenvalue weighted by atomic mass is 16.2. The van der Waals surface area contributed by atoms with Crippen LogP contribution >= 0.6 is 0 Å². The number of hydrogen-bond donors (Lipinski definition) is 3. The lowest BCUT2D eigenvalue weighted by Gasteiger charge is -2.28. The molecule has 142 valence electrons. The van der Waals surface area contributed by atoms with E-state index >= 15 is 0 Å². The zero-order chi connectivity index (χ0) is 19.1. The van der Waals surface area contributed by atoms with Gasteiger partial charge in [0, 0.05) is 38.3 Å². The third-order valence-corrected chi connectivity index (χ3v) is 4.83. The second-order valence-electron chi connectivity index (χ2n) is 6.82. The molecule has 0 aliphatic carbocycles. The van der Waals surface area contributed by atoms with Crippen LogP contribution in [0.5, 0.6) is 0 Å². The number of nitrogens with one attached hydrogen (secondary N) is 2. The Balaban J connectivity index is 1.38. The molecule has 0 radical (unpaired) electrons. The van der Waals surface area contributed by atoms with Crippen LogP contribution in [0, 0.1) is 0 Å². The van der Waals surface area contributed by atoms with Crippen LogP contribution in [0.2, 0.25) is 0 Å². The van der Waals surface area contributed by atoms with Crippen LogP contribution in [0.15, 0.2) is 48.5 Å². The van der Waals surface area contributed by atoms with E-state index in [1.807, 2.05) is 12.1 Å². The largest absolute Gasteiger partial charge is 0.352 e. The topological polar surface area (TPSA) is 87.5 Å². The molecule has 1 heterocycles. The standard InChI is InChI=1S/C21H26N4O2/c22-21(27)24-14-16-6-8-18(9-7-16)20(26)23-11-3-12-25-13-10-17-4-1-2-5-19(17)15-25/h1-2,4-9H,3,10-15H2,(H,23,26)(H3,22,24,27). The number of primary amides is 1. The summed E-state index contributed by atoms with van der Waals surface area (Å²) in [7, 11) is 0. The summed E-state index contributed by atoms with van der Waals surface area (Å²) in [6.07, 6.45) is 2.02. The first-order valence-corrected chi connectivity index (χ1v) is 9.31. The van der Waals surface area contributed by atoms with Crippen LogP contribution < -0.4 is 16.4 Å². The number of nitrogens with two attached hydrogens (primary N) is 1. The van der Waals surface area contributed by atoms with Gasteiger partial charge in [-0.2, -0.15) is 0 Å². The van der Waals surface area contributed by atoms with E-state index in [1.165, 1.54) is 11.1 Å². The maximum atomic E-state index is 12.2. The lowest BCUT2D eigenvalue weighted by Crippen LogP contribution is -2.33. The minimum atomic E-state index is -0.561. The summed E-state index contributed by atoms with van der Waals surface area (Å²) in [6.45, 7) is 4.06. The highest BCUT2D eigenvalue weighted by Gasteiger charge is 2.15. The normalized spacial score (nSPS) is 13.6. The van der Waals surface area contributed by atoms with Crippen LogP contribution in [-0.4, -0.2) is 36.5 Å². The van der Waals surface area contributed by atoms with E-state index in [0.717, 1.165) is 38.0 Å². The van der Waals surface area contributed by atoms with Crippen molar-refractivity contribution in [3.8, 4) is 0 Å². The number of fused-ring (bicyclic) bond motifs is 1. The number of carbonyl (C=O) groups excluding carboxylic acids is 2. The highest BCUT2D eigenvalue weighted by Crippen LogP contribution is 2.18. The molecule has 0 fully saturated rings. The average Bonchev–Trinajstić information content (AvgIpc) is 2.69. The minimum Gasteiger partial charge on any atom is -0.352 e. The monoisotopic (exact) mass is 366 g/mol. The van der Waals surface area contributed by atoms with E-state index < -0.39 is 6.03 Å². The van der Waals surface area contributed by atoms with E-state index in [0.29, 0.717) is 18.7 Å². The molecule has 2 aromatic carbocycles. The van der Waals surface area contributed by atoms with Crippen LogP contribution in [0.25, 0.3) is 0 Å². The SMILES string of the molecule is NC(=O)NCc1ccc(C(=O)NCCCN2CCc3ccccc3C2)cc1. The van der Waals surface area contributed by atoms with Gasteiger partial charge in [0.1, 0.15) is 0 Å². The number of amides is 3. The molecule has 0 unspecified atom stereocenters. The molecule has 0 saturated carbocycles. The van der Waals surface area contributed by atoms with Crippen molar-refractivity contribution >= 4 is 11.9 Å². The number of hydrogen-bond acceptors (Lipinski definition) is 3. The Kier molecular flexibility index (Phi) is 6.44. The Labute approximate surface area is 159 Å². The fraction of sp³-hybridized carbons (Fsp3) is 0.333. The molecule has 1 aliphatic heterocycles. The van der Waals surface area contributed by atoms with Crippen molar-refractivity contribution in [3.05, 3.63) is 70.8 Å². The Morgan fingerprint density at radius 3 is 2.48 bits per heavy atom. The molecular formula is C21H26N4O2. The maximum Gasteiger partial charge on any atom is 0.312 e. The zero-order valence-electron chi connectivity index (χ0n) is 15.4. The summed E-state index contributed by atoms with van der Waals surface area (Å²) >= 11 is 0. The van der Waals surface area contributed by atoms with Crippen LogP contribution in [0.1, 0.15) is 33.5 Å². The summed E-state index contributed by atoms with van der Waals surface area (Å²) in [5.41, 5.74) is 9.43. The maximum absolute atomic E-state index is 12.2. The number of nitrogens with zero attached hydrogens (tertiary/aromatic N) is 1. The van der Waals surface area contributed by atoms with Crippen LogP contribution in [-0.2, 0) is 19.5 Å². The Morgan fingerprint density at radius 1 is 1.00 bits per heavy atom. The van der Waals surface area contributed by atoms with Gasteiger partial charge in [-0.1, -0.05) is 36.4 Å². The predicted octanol–water partition coefficient (Wildman–Crippen LogP) is 2.03. The van der Waals surface area contributed by atoms with Crippen LogP contribution in [0.3, 0.4) is 0 Å². The molecule has 3 rings (SSSR count). The van der Waals surface area contributed by atoms with E-state index in [9.17, 15) is 9.59 Å². The Bertz CT molecular complexity index is 789. The smallest absolute Gasteiger partial charge is 0.312 e. The highest BCUT2D eigenvalue weighted by molar-refractivity contribution is 5.94. The number of benzene rings is 2. The summed E-state index contributed by atoms with van der Waals surface area (Å²) in [4.78, 5) is 25.4. The molecule has 0 saturated heterocycles. The molecule has 0 aromatic heterocycles. The first-order chi connectivity index (χ1) is 13.1. The van der Waals surface area contributed by atoms with E-state index in [-0.39, 0.29) is 5.91 Å². The molecule has 4 N–H and O–H groups in total. The molecule has 0 spiro atoms. The molecule has 6 nitrogen and oxygen atoms in total. The molecule has 6 heteroatoms. The van der Waals surface area contributed by atoms with Crippen molar-refractivity contribution in [1.82, 2.24) is 15.5 Å². The molecule has 0 bridgehead atoms. The number of urea groups is 1. The van der Waals surface area contributed by atoms with Gasteiger partial charge >= 0.3 is 6.03 Å². The Hall–Kier alpha value is -2.86. The molecule has 3 amide bonds. The van der Waals surface area contributed by atoms with Crippen molar-refractivity contribution in [2.24, 2.45) is 5.73 Å². The Morgan fingerprint density at radius 2 is 1.74 bits per heavy atom. The number of carbonyl (C=O) groups is 2. The summed E-state index contributed by atoms with van der Waals surface area (Å²) in [6, 6.07) is 15.2. The fourth-order valence-corrected chi connectivity index (χ4v) is 3.31. The quantitative estimate of drug-likeness (QED) is 0.655. The van der Waals surface area contributed by atoms with Gasteiger partial charge in [0.25, 0.3) is 5.91 Å². The van der Waals surface area contributed by atoms with Crippen molar-refractivity contribution in [2.75, 3.05) is 19.6 Å². The van der Waals surface area contributed by atoms with Crippen LogP contribution in [0.4, 0.5) is 4.79 Å². The van der Waals surface area contributed by atoms with Crippen molar-refractivity contribution in [1.29, 1.82) is 0 Å². The van der Waals surface area contributed by atoms with Gasteiger partial charge in [-0.05, 0) is 41.7 Å². The van der Waals surface area contributed by atoms with E-state index in [2.05, 4.69) is 39.8 Å². The third-order valence-electron chi connectivity index (χ3n) is 4.83. The fourth-order valence-electron chi connectivity index (χ4n) is 3.31. The van der Waals surface area contributed by atoms with E-state index in [4.69, 9.17) is 5.73 Å². The predicted molar refractivity (Wildman–Crippen MR) is 105 cm³/mol. The van der Waals surface area contributed by atoms with Gasteiger partial charge in [-0.25, -0.2) is 4.79 Å². The first kappa shape index (κ1) is 18.9. The molecule has 2 aromatic rings. The van der Waals surface area contributed by atoms with Crippen molar-refractivity contribution < 1.29 is 9.59 Å². The lowest BCUT2D eigenvalue weighted by molar-refractivity contribution is 0.0951. The van der Waals surface area contributed by atoms with Gasteiger partial charge in [0.15, 0.2) is 0 Å². The van der Waals surface area contributed by atoms with Gasteiger partial charge in [-0.15, -0.1) is 0 Å². The lowest BCUT2D eigenvalue weighted by atomic mass is 10.00. The summed E-state index contributed by atoms with van der Waals surface area (Å²) in [5.74, 6) is -0.0756. The minimum absolute atomic E-state index is 0.0756. The van der Waals surface area contributed by atoms with Gasteiger partial charge < -0.3 is 16.4 Å². The van der Waals surface area contributed by atoms with E-state index in [1.54, 1.807) is 12.1 Å². The molecule has 0 atom stereocenters. The summed E-state index contributed by atoms with van der Waals surface area (Å²) < 4.78 is 0. The third kappa shape index (κ3) is 5.56. The number of rotatable bonds is 7. The molecular weight excluding hydrogens is 340 g/mol. The van der Waals surface area contributed by atoms with Crippen molar-refractivity contribution in [3.63, 3.8) is 0 Å². The first-order valence-electron chi connectivity index (χ1n) is 9.31. The zero-order valence-corrected chi connectivity index (χ0v) is 15.4. The molecule has 1 aliphatic rings. The van der Waals surface area contributed by atoms with Gasteiger partial charge in [0.2, 0.25) is 0 Å². The molecule has 27 heavy (non-hydrogen) atoms. The second kappa shape index (κ2) is 9.19. The second-order valence-corrected chi connectivity index (χ2v) is 6.82. The van der Waals surface area contributed by atoms with Gasteiger partial charge in [-0.3, -0.25) is 9.69 Å². The summed E-state index contributed by atoms with van der Waals surface area (Å²) in [5, 5.41) is 5.50. The average molecular weight is 366 g/mol. The van der Waals surface area contributed by atoms with Crippen molar-refractivity contribution in [2.45, 2.75) is 25.9 Å².